The molecule has 9 heteroatoms. The number of carbonyl (C=O) groups is 3. The van der Waals surface area contributed by atoms with Crippen molar-refractivity contribution in [2.75, 3.05) is 18.1 Å². The molecular formula is C35H54N2O6S. The van der Waals surface area contributed by atoms with Crippen LogP contribution < -0.4 is 10.2 Å². The van der Waals surface area contributed by atoms with Gasteiger partial charge in [0.2, 0.25) is 6.41 Å². The molecule has 0 aromatic carbocycles. The van der Waals surface area contributed by atoms with Crippen molar-refractivity contribution in [3.63, 3.8) is 0 Å². The van der Waals surface area contributed by atoms with E-state index in [-0.39, 0.29) is 28.5 Å². The second kappa shape index (κ2) is 20.9. The second-order valence-corrected chi connectivity index (χ2v) is 13.3. The predicted octanol–water partition coefficient (Wildman–Crippen LogP) is 7.89. The molecule has 1 aromatic rings. The third-order valence-electron chi connectivity index (χ3n) is 7.61. The molecule has 0 radical (unpaired) electrons. The van der Waals surface area contributed by atoms with Crippen molar-refractivity contribution in [2.45, 2.75) is 130 Å². The molecule has 1 saturated heterocycles. The van der Waals surface area contributed by atoms with Crippen molar-refractivity contribution < 1.29 is 29.0 Å². The quantitative estimate of drug-likeness (QED) is 0.245. The van der Waals surface area contributed by atoms with E-state index in [1.54, 1.807) is 6.07 Å². The first kappa shape index (κ1) is 39.0. The highest BCUT2D eigenvalue weighted by Gasteiger charge is 2.31. The molecule has 0 bridgehead atoms. The van der Waals surface area contributed by atoms with Gasteiger partial charge in [0.05, 0.1) is 23.8 Å². The van der Waals surface area contributed by atoms with Gasteiger partial charge in [0.25, 0.3) is 0 Å². The van der Waals surface area contributed by atoms with Crippen molar-refractivity contribution in [1.29, 1.82) is 0 Å². The van der Waals surface area contributed by atoms with Crippen molar-refractivity contribution in [1.82, 2.24) is 5.32 Å². The lowest BCUT2D eigenvalue weighted by atomic mass is 9.90. The lowest BCUT2D eigenvalue weighted by Gasteiger charge is -2.35. The smallest absolute Gasteiger partial charge is 0.407 e. The van der Waals surface area contributed by atoms with Crippen LogP contribution >= 0.6 is 11.3 Å². The number of anilines is 1. The number of ether oxygens (including phenoxy) is 2. The number of nitrogens with zero attached hydrogens (tertiary/aromatic N) is 1. The average molecular weight is 631 g/mol. The predicted molar refractivity (Wildman–Crippen MR) is 179 cm³/mol. The molecule has 8 nitrogen and oxygen atoms in total. The molecule has 0 spiro atoms. The number of nitrogens with one attached hydrogen (secondary N) is 1. The molecule has 3 fully saturated rings. The molecule has 2 N–H and O–H groups in total. The maximum atomic E-state index is 12.2. The summed E-state index contributed by atoms with van der Waals surface area (Å²) in [5.41, 5.74) is 0.172. The number of carbonyl (C=O) groups excluding carboxylic acids is 2. The largest absolute Gasteiger partial charge is 0.477 e. The molecule has 246 valence electrons. The first-order valence-corrected chi connectivity index (χ1v) is 16.9. The number of aromatic carboxylic acids is 1. The monoisotopic (exact) mass is 630 g/mol. The first-order valence-electron chi connectivity index (χ1n) is 16.1. The van der Waals surface area contributed by atoms with Gasteiger partial charge in [0.15, 0.2) is 0 Å². The minimum absolute atomic E-state index is 0.0308. The zero-order chi connectivity index (χ0) is 33.1. The summed E-state index contributed by atoms with van der Waals surface area (Å²) >= 11 is 1.09. The van der Waals surface area contributed by atoms with Crippen LogP contribution in [0, 0.1) is 36.0 Å². The van der Waals surface area contributed by atoms with Crippen LogP contribution in [0.15, 0.2) is 6.07 Å². The zero-order valence-electron chi connectivity index (χ0n) is 27.7. The van der Waals surface area contributed by atoms with E-state index in [4.69, 9.17) is 9.47 Å². The Balaban J connectivity index is 0.000000752. The van der Waals surface area contributed by atoms with E-state index in [1.807, 2.05) is 34.6 Å². The van der Waals surface area contributed by atoms with Gasteiger partial charge >= 0.3 is 12.1 Å². The van der Waals surface area contributed by atoms with Crippen LogP contribution in [-0.2, 0) is 14.3 Å². The van der Waals surface area contributed by atoms with Crippen LogP contribution in [0.5, 0.6) is 0 Å². The lowest BCUT2D eigenvalue weighted by molar-refractivity contribution is -0.108. The molecule has 1 aromatic heterocycles. The van der Waals surface area contributed by atoms with Crippen LogP contribution in [0.25, 0.3) is 0 Å². The molecule has 2 saturated carbocycles. The minimum Gasteiger partial charge on any atom is -0.477 e. The number of alkyl carbamates (subject to hydrolysis) is 1. The minimum atomic E-state index is -1.07. The Kier molecular flexibility index (Phi) is 18.5. The van der Waals surface area contributed by atoms with Gasteiger partial charge < -0.3 is 24.8 Å². The molecule has 3 aliphatic rings. The molecule has 44 heavy (non-hydrogen) atoms. The van der Waals surface area contributed by atoms with E-state index in [0.29, 0.717) is 68.7 Å². The Morgan fingerprint density at radius 1 is 1.05 bits per heavy atom. The van der Waals surface area contributed by atoms with Gasteiger partial charge in [-0.15, -0.1) is 24.2 Å². The van der Waals surface area contributed by atoms with Crippen molar-refractivity contribution >= 4 is 35.5 Å². The summed E-state index contributed by atoms with van der Waals surface area (Å²) in [6.07, 6.45) is 19.7. The molecule has 2 aliphatic carbocycles. The van der Waals surface area contributed by atoms with Crippen molar-refractivity contribution in [3.05, 3.63) is 15.8 Å². The van der Waals surface area contributed by atoms with E-state index < -0.39 is 12.1 Å². The standard InChI is InChI=1S/C24H32N2O6S.C7H14.C2H6.C2H2/c1-24(2,3)11-8-19-14-20(21(33-19)22(28)29)26(15-27)17-6-4-16(5-7-17)25-23(30)32-18-9-12-31-13-10-18;1-7-5-3-2-4-6-7;2*1-2/h14-18H,4-7,9-10,12-13H2,1-3H3,(H,25,30)(H,28,29);7H,2-6H2,1H3;1-2H3;1-2H. The number of amides is 2. The molecule has 0 unspecified atom stereocenters. The zero-order valence-corrected chi connectivity index (χ0v) is 28.5. The van der Waals surface area contributed by atoms with Crippen LogP contribution in [0.4, 0.5) is 10.5 Å². The SMILES string of the molecule is C#C.CC.CC(C)(C)C#Cc1cc(N(C=O)C2CCC(NC(=O)OC3CCOCC3)CC2)c(C(=O)O)s1.CC1CCCCC1. The number of carboxylic acid groups (broad SMARTS) is 1. The number of carboxylic acids is 1. The van der Waals surface area contributed by atoms with E-state index in [0.717, 1.165) is 17.3 Å². The first-order chi connectivity index (χ1) is 21.1. The maximum absolute atomic E-state index is 12.2. The number of hydrogen-bond donors (Lipinski definition) is 2. The summed E-state index contributed by atoms with van der Waals surface area (Å²) in [7, 11) is 0. The summed E-state index contributed by atoms with van der Waals surface area (Å²) < 4.78 is 10.8. The normalized spacial score (nSPS) is 20.3. The van der Waals surface area contributed by atoms with Crippen molar-refractivity contribution in [3.8, 4) is 24.7 Å². The molecular weight excluding hydrogens is 576 g/mol. The number of thiophene rings is 1. The molecule has 0 atom stereocenters. The highest BCUT2D eigenvalue weighted by Crippen LogP contribution is 2.34. The highest BCUT2D eigenvalue weighted by atomic mass is 32.1. The highest BCUT2D eigenvalue weighted by molar-refractivity contribution is 7.15. The third kappa shape index (κ3) is 14.2. The summed E-state index contributed by atoms with van der Waals surface area (Å²) in [5.74, 6) is 6.11. The van der Waals surface area contributed by atoms with E-state index >= 15 is 0 Å². The number of hydrogen-bond acceptors (Lipinski definition) is 6. The topological polar surface area (TPSA) is 105 Å². The average Bonchev–Trinajstić information content (AvgIpc) is 3.45. The molecule has 2 heterocycles. The van der Waals surface area contributed by atoms with Gasteiger partial charge in [-0.3, -0.25) is 4.79 Å². The summed E-state index contributed by atoms with van der Waals surface area (Å²) in [6.45, 7) is 13.5. The Morgan fingerprint density at radius 2 is 1.64 bits per heavy atom. The van der Waals surface area contributed by atoms with Crippen LogP contribution in [0.3, 0.4) is 0 Å². The summed E-state index contributed by atoms with van der Waals surface area (Å²) in [6, 6.07) is 1.52. The van der Waals surface area contributed by atoms with Gasteiger partial charge in [-0.25, -0.2) is 9.59 Å². The Morgan fingerprint density at radius 3 is 2.11 bits per heavy atom. The third-order valence-corrected chi connectivity index (χ3v) is 8.63. The van der Waals surface area contributed by atoms with Crippen LogP contribution in [0.1, 0.15) is 127 Å². The Hall–Kier alpha value is -3.01. The lowest BCUT2D eigenvalue weighted by Crippen LogP contribution is -2.45. The number of terminal acetylenes is 1. The van der Waals surface area contributed by atoms with Gasteiger partial charge in [-0.1, -0.05) is 64.7 Å². The summed E-state index contributed by atoms with van der Waals surface area (Å²) in [5, 5.41) is 12.6. The fourth-order valence-electron chi connectivity index (χ4n) is 5.33. The van der Waals surface area contributed by atoms with E-state index in [1.165, 1.54) is 37.0 Å². The van der Waals surface area contributed by atoms with Gasteiger partial charge in [-0.2, -0.15) is 0 Å². The number of rotatable bonds is 6. The van der Waals surface area contributed by atoms with Gasteiger partial charge in [-0.05, 0) is 58.4 Å². The van der Waals surface area contributed by atoms with Gasteiger partial charge in [0.1, 0.15) is 11.0 Å². The Labute approximate surface area is 269 Å². The van der Waals surface area contributed by atoms with Crippen molar-refractivity contribution in [2.24, 2.45) is 11.3 Å². The fourth-order valence-corrected chi connectivity index (χ4v) is 6.18. The molecule has 1 aliphatic heterocycles. The summed E-state index contributed by atoms with van der Waals surface area (Å²) in [4.78, 5) is 38.3. The molecule has 4 rings (SSSR count). The fraction of sp³-hybridized carbons (Fsp3) is 0.686. The van der Waals surface area contributed by atoms with Crippen LogP contribution in [0.2, 0.25) is 0 Å². The Bertz CT molecular complexity index is 1080. The molecule has 2 amide bonds. The second-order valence-electron chi connectivity index (χ2n) is 12.3. The van der Waals surface area contributed by atoms with E-state index in [2.05, 4.69) is 36.9 Å². The van der Waals surface area contributed by atoms with E-state index in [9.17, 15) is 19.5 Å². The van der Waals surface area contributed by atoms with Gasteiger partial charge in [0, 0.05) is 30.3 Å². The maximum Gasteiger partial charge on any atom is 0.407 e. The van der Waals surface area contributed by atoms with Crippen LogP contribution in [-0.4, -0.2) is 55.0 Å².